The minimum atomic E-state index is -2.75. The van der Waals surface area contributed by atoms with E-state index in [0.717, 1.165) is 0 Å². The first kappa shape index (κ1) is 22.0. The Morgan fingerprint density at radius 1 is 1.16 bits per heavy atom. The number of carbonyl (C=O) groups excluding carboxylic acids is 3. The average molecular weight is 444 g/mol. The quantitative estimate of drug-likeness (QED) is 0.332. The lowest BCUT2D eigenvalue weighted by atomic mass is 9.54. The van der Waals surface area contributed by atoms with Crippen LogP contribution in [0.15, 0.2) is 35.1 Å². The molecular formula is C22H24N2O8. The van der Waals surface area contributed by atoms with Gasteiger partial charge in [0.1, 0.15) is 22.8 Å². The molecule has 1 aromatic carbocycles. The zero-order chi connectivity index (χ0) is 23.9. The lowest BCUT2D eigenvalue weighted by Crippen LogP contribution is -2.67. The third-order valence-corrected chi connectivity index (χ3v) is 7.02. The molecule has 170 valence electrons. The number of Topliss-reactive ketones (excluding diaryl/α,β-unsaturated/α-hetero) is 2. The molecule has 4 rings (SSSR count). The smallest absolute Gasteiger partial charge is 0.255 e. The minimum absolute atomic E-state index is 0.170. The van der Waals surface area contributed by atoms with Crippen LogP contribution in [-0.4, -0.2) is 73.6 Å². The summed E-state index contributed by atoms with van der Waals surface area (Å²) < 4.78 is 0. The average Bonchev–Trinajstić information content (AvgIpc) is 2.68. The zero-order valence-corrected chi connectivity index (χ0v) is 17.7. The molecule has 0 unspecified atom stereocenters. The third kappa shape index (κ3) is 2.48. The van der Waals surface area contributed by atoms with Crippen LogP contribution in [0.2, 0.25) is 0 Å². The Balaban J connectivity index is 2.05. The van der Waals surface area contributed by atoms with E-state index in [1.165, 1.54) is 44.1 Å². The summed E-state index contributed by atoms with van der Waals surface area (Å²) in [7, 11) is 3.01. The summed E-state index contributed by atoms with van der Waals surface area (Å²) in [5.74, 6) is -7.90. The van der Waals surface area contributed by atoms with Gasteiger partial charge in [0, 0.05) is 17.4 Å². The topological polar surface area (TPSA) is 182 Å². The van der Waals surface area contributed by atoms with Gasteiger partial charge in [-0.1, -0.05) is 12.1 Å². The van der Waals surface area contributed by atoms with Crippen molar-refractivity contribution in [2.24, 2.45) is 17.6 Å². The van der Waals surface area contributed by atoms with E-state index in [1.807, 2.05) is 0 Å². The second kappa shape index (κ2) is 6.64. The standard InChI is InChI=1S/C22H24N2O8/c1-21(31)8-5-4-6-11(25)12(8)16(26)13-9(21)7-10-15(24(2)3)17(27)14(20(23)30)19(29)22(10,32)18(13)28/h4-6,9-10,15,25-26,29,31-32H,7H2,1-3H3,(H2,23,30)/t9-,10+,15+,21+,22-/m1/s1. The molecule has 7 N–H and O–H groups in total. The molecular weight excluding hydrogens is 420 g/mol. The van der Waals surface area contributed by atoms with Crippen LogP contribution in [0.1, 0.15) is 24.5 Å². The highest BCUT2D eigenvalue weighted by Gasteiger charge is 2.66. The van der Waals surface area contributed by atoms with Gasteiger partial charge in [0.15, 0.2) is 11.4 Å². The van der Waals surface area contributed by atoms with Crippen molar-refractivity contribution < 1.29 is 39.9 Å². The van der Waals surface area contributed by atoms with Gasteiger partial charge in [0.05, 0.1) is 17.2 Å². The van der Waals surface area contributed by atoms with Gasteiger partial charge in [-0.25, -0.2) is 0 Å². The Kier molecular flexibility index (Phi) is 4.57. The summed E-state index contributed by atoms with van der Waals surface area (Å²) in [5.41, 5.74) is -0.548. The number of aliphatic hydroxyl groups excluding tert-OH is 2. The Labute approximate surface area is 182 Å². The Hall–Kier alpha value is -3.21. The van der Waals surface area contributed by atoms with Gasteiger partial charge in [-0.15, -0.1) is 0 Å². The highest BCUT2D eigenvalue weighted by molar-refractivity contribution is 6.24. The summed E-state index contributed by atoms with van der Waals surface area (Å²) >= 11 is 0. The van der Waals surface area contributed by atoms with Crippen LogP contribution in [0.5, 0.6) is 5.75 Å². The highest BCUT2D eigenvalue weighted by atomic mass is 16.3. The van der Waals surface area contributed by atoms with Crippen LogP contribution < -0.4 is 5.73 Å². The van der Waals surface area contributed by atoms with Crippen LogP contribution in [0.4, 0.5) is 0 Å². The van der Waals surface area contributed by atoms with E-state index in [-0.39, 0.29) is 17.5 Å². The molecule has 10 nitrogen and oxygen atoms in total. The SMILES string of the molecule is CN(C)[C@@H]1C(=O)C(C(N)=O)=C(O)[C@]2(O)C(=O)C3=C(O)c4c(O)cccc4[C@](C)(O)[C@@H]3C[C@@H]12. The molecule has 0 saturated heterocycles. The lowest BCUT2D eigenvalue weighted by molar-refractivity contribution is -0.159. The Bertz CT molecular complexity index is 1150. The number of primary amides is 1. The zero-order valence-electron chi connectivity index (χ0n) is 17.7. The number of rotatable bonds is 2. The number of nitrogens with two attached hydrogens (primary N) is 1. The van der Waals surface area contributed by atoms with Gasteiger partial charge in [0.25, 0.3) is 5.91 Å². The highest BCUT2D eigenvalue weighted by Crippen LogP contribution is 2.57. The number of carbonyl (C=O) groups is 3. The molecule has 0 aromatic heterocycles. The van der Waals surface area contributed by atoms with Crippen molar-refractivity contribution in [3.05, 3.63) is 46.2 Å². The van der Waals surface area contributed by atoms with E-state index in [1.54, 1.807) is 0 Å². The van der Waals surface area contributed by atoms with Crippen molar-refractivity contribution >= 4 is 23.2 Å². The van der Waals surface area contributed by atoms with Gasteiger partial charge in [0.2, 0.25) is 5.78 Å². The van der Waals surface area contributed by atoms with Crippen molar-refractivity contribution in [3.8, 4) is 5.75 Å². The van der Waals surface area contributed by atoms with Gasteiger partial charge >= 0.3 is 0 Å². The monoisotopic (exact) mass is 444 g/mol. The number of nitrogens with zero attached hydrogens (tertiary/aromatic N) is 1. The number of fused-ring (bicyclic) bond motifs is 3. The van der Waals surface area contributed by atoms with Crippen LogP contribution in [0.25, 0.3) is 5.76 Å². The summed E-state index contributed by atoms with van der Waals surface area (Å²) in [6.07, 6.45) is -0.200. The molecule has 0 spiro atoms. The fourth-order valence-electron chi connectivity index (χ4n) is 5.50. The van der Waals surface area contributed by atoms with E-state index < -0.39 is 75.0 Å². The second-order valence-electron chi connectivity index (χ2n) is 8.96. The molecule has 1 saturated carbocycles. The van der Waals surface area contributed by atoms with E-state index in [2.05, 4.69) is 0 Å². The maximum atomic E-state index is 13.7. The van der Waals surface area contributed by atoms with Crippen molar-refractivity contribution in [3.63, 3.8) is 0 Å². The van der Waals surface area contributed by atoms with E-state index in [0.29, 0.717) is 0 Å². The normalized spacial score (nSPS) is 34.4. The van der Waals surface area contributed by atoms with Crippen LogP contribution in [0, 0.1) is 11.8 Å². The fourth-order valence-corrected chi connectivity index (χ4v) is 5.50. The minimum Gasteiger partial charge on any atom is -0.508 e. The first-order valence-corrected chi connectivity index (χ1v) is 9.97. The maximum absolute atomic E-state index is 13.7. The number of benzene rings is 1. The molecule has 5 atom stereocenters. The largest absolute Gasteiger partial charge is 0.508 e. The van der Waals surface area contributed by atoms with E-state index in [9.17, 15) is 39.9 Å². The predicted octanol–water partition coefficient (Wildman–Crippen LogP) is -0.371. The molecule has 0 radical (unpaired) electrons. The maximum Gasteiger partial charge on any atom is 0.255 e. The Morgan fingerprint density at radius 3 is 2.34 bits per heavy atom. The van der Waals surface area contributed by atoms with Gasteiger partial charge in [-0.2, -0.15) is 0 Å². The lowest BCUT2D eigenvalue weighted by Gasteiger charge is -2.53. The molecule has 0 heterocycles. The first-order chi connectivity index (χ1) is 14.8. The predicted molar refractivity (Wildman–Crippen MR) is 110 cm³/mol. The molecule has 0 bridgehead atoms. The summed E-state index contributed by atoms with van der Waals surface area (Å²) in [6, 6.07) is 3.02. The van der Waals surface area contributed by atoms with Gasteiger partial charge in [-0.05, 0) is 39.1 Å². The van der Waals surface area contributed by atoms with Crippen LogP contribution >= 0.6 is 0 Å². The molecule has 3 aliphatic rings. The third-order valence-electron chi connectivity index (χ3n) is 7.02. The van der Waals surface area contributed by atoms with E-state index in [4.69, 9.17) is 5.73 Å². The molecule has 32 heavy (non-hydrogen) atoms. The number of aliphatic hydroxyl groups is 4. The number of phenols is 1. The molecule has 1 fully saturated rings. The van der Waals surface area contributed by atoms with Crippen molar-refractivity contribution in [1.29, 1.82) is 0 Å². The summed E-state index contributed by atoms with van der Waals surface area (Å²) in [5, 5.41) is 54.9. The van der Waals surface area contributed by atoms with Crippen LogP contribution in [-0.2, 0) is 20.0 Å². The first-order valence-electron chi connectivity index (χ1n) is 9.97. The fraction of sp³-hybridized carbons (Fsp3) is 0.409. The molecule has 10 heteroatoms. The summed E-state index contributed by atoms with van der Waals surface area (Å²) in [6.45, 7) is 1.40. The van der Waals surface area contributed by atoms with Crippen molar-refractivity contribution in [2.45, 2.75) is 30.6 Å². The van der Waals surface area contributed by atoms with Crippen molar-refractivity contribution in [2.75, 3.05) is 14.1 Å². The molecule has 1 aromatic rings. The van der Waals surface area contributed by atoms with Gasteiger partial charge < -0.3 is 31.3 Å². The Morgan fingerprint density at radius 2 is 1.78 bits per heavy atom. The number of phenolic OH excluding ortho intramolecular Hbond substituents is 1. The number of hydrogen-bond donors (Lipinski definition) is 6. The molecule has 1 amide bonds. The number of aromatic hydroxyl groups is 1. The molecule has 3 aliphatic carbocycles. The van der Waals surface area contributed by atoms with Crippen LogP contribution in [0.3, 0.4) is 0 Å². The van der Waals surface area contributed by atoms with E-state index >= 15 is 0 Å². The van der Waals surface area contributed by atoms with Gasteiger partial charge in [-0.3, -0.25) is 19.3 Å². The number of amides is 1. The van der Waals surface area contributed by atoms with Crippen molar-refractivity contribution in [1.82, 2.24) is 4.90 Å². The number of ketones is 2. The number of likely N-dealkylation sites (N-methyl/N-ethyl adjacent to an activating group) is 1. The second-order valence-corrected chi connectivity index (χ2v) is 8.96. The summed E-state index contributed by atoms with van der Waals surface area (Å²) in [4.78, 5) is 40.0. The molecule has 0 aliphatic heterocycles. The number of hydrogen-bond acceptors (Lipinski definition) is 9.